The maximum atomic E-state index is 9.64. The monoisotopic (exact) mass is 171 g/mol. The van der Waals surface area contributed by atoms with Crippen molar-refractivity contribution in [3.63, 3.8) is 0 Å². The Balaban J connectivity index is 2.84. The maximum Gasteiger partial charge on any atom is 0.0923 e. The predicted octanol–water partition coefficient (Wildman–Crippen LogP) is 2.14. The number of rotatable bonds is 2. The molecule has 0 aliphatic carbocycles. The van der Waals surface area contributed by atoms with Crippen molar-refractivity contribution in [2.45, 2.75) is 26.9 Å². The molecule has 0 aliphatic rings. The van der Waals surface area contributed by atoms with Crippen LogP contribution < -0.4 is 0 Å². The Morgan fingerprint density at radius 3 is 2.55 bits per heavy atom. The number of aryl methyl sites for hydroxylation is 1. The lowest BCUT2D eigenvalue weighted by atomic mass is 10.1. The van der Waals surface area contributed by atoms with Gasteiger partial charge in [0.2, 0.25) is 0 Å². The van der Waals surface area contributed by atoms with Crippen LogP contribution in [0.25, 0.3) is 0 Å². The number of nitrogens with zero attached hydrogens (tertiary/aromatic N) is 1. The van der Waals surface area contributed by atoms with E-state index in [1.54, 1.807) is 5.51 Å². The Kier molecular flexibility index (Phi) is 2.62. The molecule has 3 heteroatoms. The van der Waals surface area contributed by atoms with Gasteiger partial charge in [0.1, 0.15) is 0 Å². The Hall–Kier alpha value is -0.410. The maximum absolute atomic E-state index is 9.64. The van der Waals surface area contributed by atoms with Crippen LogP contribution in [-0.4, -0.2) is 10.1 Å². The molecule has 0 aliphatic heterocycles. The summed E-state index contributed by atoms with van der Waals surface area (Å²) < 4.78 is 0. The third-order valence-corrected chi connectivity index (χ3v) is 2.68. The van der Waals surface area contributed by atoms with E-state index in [-0.39, 0.29) is 12.0 Å². The Morgan fingerprint density at radius 1 is 1.55 bits per heavy atom. The lowest BCUT2D eigenvalue weighted by Crippen LogP contribution is -2.04. The van der Waals surface area contributed by atoms with Gasteiger partial charge < -0.3 is 5.11 Å². The second kappa shape index (κ2) is 3.32. The molecule has 1 aromatic heterocycles. The number of hydrogen-bond donors (Lipinski definition) is 1. The highest BCUT2D eigenvalue weighted by Crippen LogP contribution is 2.26. The van der Waals surface area contributed by atoms with E-state index in [0.717, 1.165) is 10.6 Å². The summed E-state index contributed by atoms with van der Waals surface area (Å²) in [6.45, 7) is 5.94. The molecule has 11 heavy (non-hydrogen) atoms. The first-order chi connectivity index (χ1) is 5.13. The highest BCUT2D eigenvalue weighted by atomic mass is 32.1. The third-order valence-electron chi connectivity index (χ3n) is 1.68. The SMILES string of the molecule is Cc1ncsc1C(O)C(C)C. The summed E-state index contributed by atoms with van der Waals surface area (Å²) in [5.74, 6) is 0.272. The van der Waals surface area contributed by atoms with Gasteiger partial charge in [-0.15, -0.1) is 11.3 Å². The molecule has 0 amide bonds. The molecule has 2 nitrogen and oxygen atoms in total. The molecule has 1 aromatic rings. The normalized spacial score (nSPS) is 13.9. The molecule has 1 rings (SSSR count). The van der Waals surface area contributed by atoms with E-state index in [9.17, 15) is 5.11 Å². The summed E-state index contributed by atoms with van der Waals surface area (Å²) >= 11 is 1.52. The molecule has 1 atom stereocenters. The van der Waals surface area contributed by atoms with Gasteiger partial charge in [-0.2, -0.15) is 0 Å². The number of thiazole rings is 1. The summed E-state index contributed by atoms with van der Waals surface area (Å²) in [6.07, 6.45) is -0.345. The molecule has 0 saturated heterocycles. The standard InChI is InChI=1S/C8H13NOS/c1-5(2)7(10)8-6(3)9-4-11-8/h4-5,7,10H,1-3H3. The summed E-state index contributed by atoms with van der Waals surface area (Å²) in [6, 6.07) is 0. The van der Waals surface area contributed by atoms with Crippen molar-refractivity contribution < 1.29 is 5.11 Å². The van der Waals surface area contributed by atoms with Crippen LogP contribution in [0.4, 0.5) is 0 Å². The number of aliphatic hydroxyl groups is 1. The van der Waals surface area contributed by atoms with Crippen molar-refractivity contribution in [3.05, 3.63) is 16.1 Å². The van der Waals surface area contributed by atoms with Crippen molar-refractivity contribution >= 4 is 11.3 Å². The van der Waals surface area contributed by atoms with E-state index in [1.165, 1.54) is 11.3 Å². The minimum Gasteiger partial charge on any atom is -0.387 e. The van der Waals surface area contributed by atoms with Crippen LogP contribution in [0, 0.1) is 12.8 Å². The van der Waals surface area contributed by atoms with Gasteiger partial charge in [-0.05, 0) is 12.8 Å². The molecule has 0 saturated carbocycles. The molecule has 0 bridgehead atoms. The Bertz CT molecular complexity index is 232. The van der Waals surface area contributed by atoms with Gasteiger partial charge in [0.05, 0.1) is 22.2 Å². The lowest BCUT2D eigenvalue weighted by Gasteiger charge is -2.12. The van der Waals surface area contributed by atoms with Crippen LogP contribution in [0.15, 0.2) is 5.51 Å². The fraction of sp³-hybridized carbons (Fsp3) is 0.625. The first-order valence-electron chi connectivity index (χ1n) is 3.71. The molecule has 0 radical (unpaired) electrons. The van der Waals surface area contributed by atoms with Gasteiger partial charge in [-0.1, -0.05) is 13.8 Å². The Labute approximate surface area is 70.9 Å². The average molecular weight is 171 g/mol. The third kappa shape index (κ3) is 1.79. The molecular formula is C8H13NOS. The number of hydrogen-bond acceptors (Lipinski definition) is 3. The van der Waals surface area contributed by atoms with Crippen LogP contribution in [-0.2, 0) is 0 Å². The second-order valence-corrected chi connectivity index (χ2v) is 3.88. The zero-order valence-electron chi connectivity index (χ0n) is 7.03. The zero-order chi connectivity index (χ0) is 8.43. The molecule has 1 heterocycles. The molecule has 0 aromatic carbocycles. The summed E-state index contributed by atoms with van der Waals surface area (Å²) in [5.41, 5.74) is 2.73. The first kappa shape index (κ1) is 8.68. The molecular weight excluding hydrogens is 158 g/mol. The van der Waals surface area contributed by atoms with E-state index >= 15 is 0 Å². The van der Waals surface area contributed by atoms with E-state index in [4.69, 9.17) is 0 Å². The van der Waals surface area contributed by atoms with Crippen molar-refractivity contribution in [1.82, 2.24) is 4.98 Å². The van der Waals surface area contributed by atoms with Crippen molar-refractivity contribution in [2.75, 3.05) is 0 Å². The molecule has 0 spiro atoms. The van der Waals surface area contributed by atoms with Crippen LogP contribution in [0.1, 0.15) is 30.5 Å². The Morgan fingerprint density at radius 2 is 2.18 bits per heavy atom. The van der Waals surface area contributed by atoms with Crippen LogP contribution >= 0.6 is 11.3 Å². The smallest absolute Gasteiger partial charge is 0.0923 e. The highest BCUT2D eigenvalue weighted by Gasteiger charge is 2.15. The van der Waals surface area contributed by atoms with Gasteiger partial charge >= 0.3 is 0 Å². The van der Waals surface area contributed by atoms with E-state index in [2.05, 4.69) is 4.98 Å². The summed E-state index contributed by atoms with van der Waals surface area (Å²) in [7, 11) is 0. The lowest BCUT2D eigenvalue weighted by molar-refractivity contribution is 0.129. The van der Waals surface area contributed by atoms with Crippen LogP contribution in [0.2, 0.25) is 0 Å². The molecule has 1 unspecified atom stereocenters. The molecule has 1 N–H and O–H groups in total. The van der Waals surface area contributed by atoms with Crippen LogP contribution in [0.3, 0.4) is 0 Å². The highest BCUT2D eigenvalue weighted by molar-refractivity contribution is 7.09. The minimum absolute atomic E-state index is 0.272. The van der Waals surface area contributed by atoms with Crippen molar-refractivity contribution in [1.29, 1.82) is 0 Å². The molecule has 0 fully saturated rings. The summed E-state index contributed by atoms with van der Waals surface area (Å²) in [5, 5.41) is 9.64. The topological polar surface area (TPSA) is 33.1 Å². The fourth-order valence-electron chi connectivity index (χ4n) is 0.898. The quantitative estimate of drug-likeness (QED) is 0.739. The van der Waals surface area contributed by atoms with E-state index in [0.29, 0.717) is 0 Å². The van der Waals surface area contributed by atoms with Crippen molar-refractivity contribution in [3.8, 4) is 0 Å². The van der Waals surface area contributed by atoms with Gasteiger partial charge in [0, 0.05) is 0 Å². The van der Waals surface area contributed by atoms with Crippen LogP contribution in [0.5, 0.6) is 0 Å². The van der Waals surface area contributed by atoms with Crippen molar-refractivity contribution in [2.24, 2.45) is 5.92 Å². The fourth-order valence-corrected chi connectivity index (χ4v) is 1.86. The second-order valence-electron chi connectivity index (χ2n) is 2.99. The van der Waals surface area contributed by atoms with Gasteiger partial charge in [0.15, 0.2) is 0 Å². The zero-order valence-corrected chi connectivity index (χ0v) is 7.85. The minimum atomic E-state index is -0.345. The van der Waals surface area contributed by atoms with Gasteiger partial charge in [0.25, 0.3) is 0 Å². The van der Waals surface area contributed by atoms with Gasteiger partial charge in [-0.25, -0.2) is 4.98 Å². The average Bonchev–Trinajstić information content (AvgIpc) is 2.33. The predicted molar refractivity (Wildman–Crippen MR) is 46.6 cm³/mol. The summed E-state index contributed by atoms with van der Waals surface area (Å²) in [4.78, 5) is 5.08. The largest absolute Gasteiger partial charge is 0.387 e. The first-order valence-corrected chi connectivity index (χ1v) is 4.59. The number of aliphatic hydroxyl groups excluding tert-OH is 1. The van der Waals surface area contributed by atoms with E-state index < -0.39 is 0 Å². The van der Waals surface area contributed by atoms with E-state index in [1.807, 2.05) is 20.8 Å². The number of aromatic nitrogens is 1. The van der Waals surface area contributed by atoms with Gasteiger partial charge in [-0.3, -0.25) is 0 Å². The molecule has 62 valence electrons.